The van der Waals surface area contributed by atoms with E-state index in [4.69, 9.17) is 4.74 Å². The van der Waals surface area contributed by atoms with Gasteiger partial charge in [0.2, 0.25) is 0 Å². The molecule has 0 aliphatic rings. The van der Waals surface area contributed by atoms with Crippen LogP contribution in [0.2, 0.25) is 0 Å². The SMILES string of the molecule is CN=C(NCc1ccc(F)c(COC)c1)NCC(C)(C)c1cccc(F)c1.I. The fourth-order valence-electron chi connectivity index (χ4n) is 2.73. The highest BCUT2D eigenvalue weighted by atomic mass is 127. The fraction of sp³-hybridized carbons (Fsp3) is 0.381. The lowest BCUT2D eigenvalue weighted by Crippen LogP contribution is -2.43. The van der Waals surface area contributed by atoms with Crippen molar-refractivity contribution in [1.82, 2.24) is 10.6 Å². The monoisotopic (exact) mass is 503 g/mol. The second kappa shape index (κ2) is 11.3. The lowest BCUT2D eigenvalue weighted by Gasteiger charge is -2.27. The molecule has 7 heteroatoms. The summed E-state index contributed by atoms with van der Waals surface area (Å²) in [6, 6.07) is 11.6. The van der Waals surface area contributed by atoms with Crippen molar-refractivity contribution in [1.29, 1.82) is 0 Å². The standard InChI is InChI=1S/C21H27F2N3O.HI/c1-21(2,17-6-5-7-18(22)11-17)14-26-20(24-3)25-12-15-8-9-19(23)16(10-15)13-27-4;/h5-11H,12-14H2,1-4H3,(H2,24,25,26);1H. The minimum Gasteiger partial charge on any atom is -0.380 e. The second-order valence-electron chi connectivity index (χ2n) is 7.03. The van der Waals surface area contributed by atoms with Gasteiger partial charge in [0.25, 0.3) is 0 Å². The predicted molar refractivity (Wildman–Crippen MR) is 120 cm³/mol. The Hall–Kier alpha value is -1.74. The van der Waals surface area contributed by atoms with Crippen LogP contribution in [-0.2, 0) is 23.3 Å². The van der Waals surface area contributed by atoms with Gasteiger partial charge < -0.3 is 15.4 Å². The predicted octanol–water partition coefficient (Wildman–Crippen LogP) is 4.37. The van der Waals surface area contributed by atoms with Crippen LogP contribution in [0.5, 0.6) is 0 Å². The number of nitrogens with one attached hydrogen (secondary N) is 2. The largest absolute Gasteiger partial charge is 0.380 e. The molecule has 0 unspecified atom stereocenters. The summed E-state index contributed by atoms with van der Waals surface area (Å²) in [6.45, 7) is 5.39. The molecule has 2 aromatic carbocycles. The molecule has 0 spiro atoms. The van der Waals surface area contributed by atoms with E-state index in [0.29, 0.717) is 24.6 Å². The van der Waals surface area contributed by atoms with E-state index in [1.807, 2.05) is 19.9 Å². The molecule has 0 saturated heterocycles. The van der Waals surface area contributed by atoms with E-state index in [-0.39, 0.29) is 47.6 Å². The molecular weight excluding hydrogens is 475 g/mol. The quantitative estimate of drug-likeness (QED) is 0.335. The highest BCUT2D eigenvalue weighted by Crippen LogP contribution is 2.22. The lowest BCUT2D eigenvalue weighted by atomic mass is 9.84. The fourth-order valence-corrected chi connectivity index (χ4v) is 2.73. The summed E-state index contributed by atoms with van der Waals surface area (Å²) in [6.07, 6.45) is 0. The van der Waals surface area contributed by atoms with Gasteiger partial charge in [-0.15, -0.1) is 24.0 Å². The zero-order chi connectivity index (χ0) is 19.9. The van der Waals surface area contributed by atoms with Crippen LogP contribution in [0.25, 0.3) is 0 Å². The third kappa shape index (κ3) is 7.01. The number of ether oxygens (including phenoxy) is 1. The number of halogens is 3. The summed E-state index contributed by atoms with van der Waals surface area (Å²) in [4.78, 5) is 4.22. The van der Waals surface area contributed by atoms with Crippen molar-refractivity contribution < 1.29 is 13.5 Å². The molecule has 2 aromatic rings. The Labute approximate surface area is 182 Å². The van der Waals surface area contributed by atoms with Crippen LogP contribution in [0.4, 0.5) is 8.78 Å². The first-order valence-electron chi connectivity index (χ1n) is 8.82. The molecule has 0 amide bonds. The molecule has 0 heterocycles. The van der Waals surface area contributed by atoms with Crippen molar-refractivity contribution >= 4 is 29.9 Å². The van der Waals surface area contributed by atoms with Gasteiger partial charge in [-0.3, -0.25) is 4.99 Å². The van der Waals surface area contributed by atoms with Crippen LogP contribution in [0.15, 0.2) is 47.5 Å². The molecule has 0 aliphatic heterocycles. The number of methoxy groups -OCH3 is 1. The van der Waals surface area contributed by atoms with E-state index < -0.39 is 0 Å². The Morgan fingerprint density at radius 1 is 1.11 bits per heavy atom. The van der Waals surface area contributed by atoms with E-state index in [0.717, 1.165) is 11.1 Å². The van der Waals surface area contributed by atoms with E-state index in [1.54, 1.807) is 31.3 Å². The molecule has 0 atom stereocenters. The number of nitrogens with zero attached hydrogens (tertiary/aromatic N) is 1. The molecular formula is C21H28F2IN3O. The van der Waals surface area contributed by atoms with Crippen molar-refractivity contribution in [2.45, 2.75) is 32.4 Å². The Morgan fingerprint density at radius 3 is 2.50 bits per heavy atom. The van der Waals surface area contributed by atoms with Crippen molar-refractivity contribution in [3.8, 4) is 0 Å². The molecule has 2 rings (SSSR count). The highest BCUT2D eigenvalue weighted by molar-refractivity contribution is 14.0. The number of rotatable bonds is 7. The Balaban J connectivity index is 0.00000392. The van der Waals surface area contributed by atoms with Crippen LogP contribution in [0.3, 0.4) is 0 Å². The van der Waals surface area contributed by atoms with Crippen LogP contribution >= 0.6 is 24.0 Å². The summed E-state index contributed by atoms with van der Waals surface area (Å²) >= 11 is 0. The van der Waals surface area contributed by atoms with Crippen LogP contribution < -0.4 is 10.6 Å². The first-order chi connectivity index (χ1) is 12.9. The Morgan fingerprint density at radius 2 is 1.86 bits per heavy atom. The molecule has 0 radical (unpaired) electrons. The lowest BCUT2D eigenvalue weighted by molar-refractivity contribution is 0.181. The van der Waals surface area contributed by atoms with Crippen molar-refractivity contribution in [2.75, 3.05) is 20.7 Å². The van der Waals surface area contributed by atoms with Gasteiger partial charge in [-0.2, -0.15) is 0 Å². The summed E-state index contributed by atoms with van der Waals surface area (Å²) in [5.74, 6) is 0.100. The topological polar surface area (TPSA) is 45.7 Å². The summed E-state index contributed by atoms with van der Waals surface area (Å²) in [5, 5.41) is 6.48. The third-order valence-corrected chi connectivity index (χ3v) is 4.40. The maximum absolute atomic E-state index is 13.7. The van der Waals surface area contributed by atoms with Crippen LogP contribution in [0.1, 0.15) is 30.5 Å². The van der Waals surface area contributed by atoms with Crippen LogP contribution in [0, 0.1) is 11.6 Å². The maximum atomic E-state index is 13.7. The smallest absolute Gasteiger partial charge is 0.191 e. The Kier molecular flexibility index (Phi) is 9.81. The van der Waals surface area contributed by atoms with Gasteiger partial charge >= 0.3 is 0 Å². The van der Waals surface area contributed by atoms with Gasteiger partial charge in [0, 0.05) is 38.2 Å². The average molecular weight is 503 g/mol. The molecule has 28 heavy (non-hydrogen) atoms. The minimum absolute atomic E-state index is 0. The number of guanidine groups is 1. The zero-order valence-corrected chi connectivity index (χ0v) is 19.0. The average Bonchev–Trinajstić information content (AvgIpc) is 2.64. The number of benzene rings is 2. The maximum Gasteiger partial charge on any atom is 0.191 e. The summed E-state index contributed by atoms with van der Waals surface area (Å²) in [5.41, 5.74) is 2.08. The number of hydrogen-bond acceptors (Lipinski definition) is 2. The Bertz CT molecular complexity index is 797. The van der Waals surface area contributed by atoms with Gasteiger partial charge in [-0.1, -0.05) is 32.0 Å². The van der Waals surface area contributed by atoms with Gasteiger partial charge in [0.05, 0.1) is 6.61 Å². The first-order valence-corrected chi connectivity index (χ1v) is 8.82. The summed E-state index contributed by atoms with van der Waals surface area (Å²) < 4.78 is 32.2. The van der Waals surface area contributed by atoms with Gasteiger partial charge in [0.15, 0.2) is 5.96 Å². The molecule has 0 aliphatic carbocycles. The second-order valence-corrected chi connectivity index (χ2v) is 7.03. The van der Waals surface area contributed by atoms with Crippen molar-refractivity contribution in [3.05, 3.63) is 70.8 Å². The molecule has 154 valence electrons. The molecule has 0 saturated carbocycles. The van der Waals surface area contributed by atoms with Gasteiger partial charge in [-0.25, -0.2) is 8.78 Å². The minimum atomic E-state index is -0.278. The molecule has 0 aromatic heterocycles. The molecule has 0 fully saturated rings. The van der Waals surface area contributed by atoms with E-state index in [2.05, 4.69) is 15.6 Å². The van der Waals surface area contributed by atoms with E-state index in [9.17, 15) is 8.78 Å². The van der Waals surface area contributed by atoms with E-state index >= 15 is 0 Å². The van der Waals surface area contributed by atoms with Crippen LogP contribution in [-0.4, -0.2) is 26.7 Å². The van der Waals surface area contributed by atoms with Gasteiger partial charge in [0.1, 0.15) is 11.6 Å². The molecule has 4 nitrogen and oxygen atoms in total. The normalized spacial score (nSPS) is 11.7. The van der Waals surface area contributed by atoms with Crippen molar-refractivity contribution in [3.63, 3.8) is 0 Å². The molecule has 2 N–H and O–H groups in total. The zero-order valence-electron chi connectivity index (χ0n) is 16.7. The highest BCUT2D eigenvalue weighted by Gasteiger charge is 2.21. The van der Waals surface area contributed by atoms with Crippen molar-refractivity contribution in [2.24, 2.45) is 4.99 Å². The third-order valence-electron chi connectivity index (χ3n) is 4.40. The van der Waals surface area contributed by atoms with Gasteiger partial charge in [-0.05, 0) is 35.4 Å². The van der Waals surface area contributed by atoms with E-state index in [1.165, 1.54) is 19.2 Å². The molecule has 0 bridgehead atoms. The number of aliphatic imine (C=N–C) groups is 1. The summed E-state index contributed by atoms with van der Waals surface area (Å²) in [7, 11) is 3.22. The number of hydrogen-bond donors (Lipinski definition) is 2. The first kappa shape index (κ1) is 24.3.